The largest absolute Gasteiger partial charge is 0.382 e. The first-order valence-electron chi connectivity index (χ1n) is 5.64. The lowest BCUT2D eigenvalue weighted by Crippen LogP contribution is -2.36. The molecule has 2 N–H and O–H groups in total. The molecule has 2 atom stereocenters. The first-order valence-corrected chi connectivity index (χ1v) is 5.64. The third-order valence-corrected chi connectivity index (χ3v) is 3.40. The zero-order valence-electron chi connectivity index (χ0n) is 9.42. The van der Waals surface area contributed by atoms with Crippen molar-refractivity contribution in [2.75, 3.05) is 26.4 Å². The number of ether oxygens (including phenoxy) is 2. The van der Waals surface area contributed by atoms with Crippen molar-refractivity contribution in [3.05, 3.63) is 0 Å². The van der Waals surface area contributed by atoms with E-state index in [0.29, 0.717) is 6.10 Å². The zero-order chi connectivity index (χ0) is 10.4. The van der Waals surface area contributed by atoms with Crippen LogP contribution in [0.15, 0.2) is 0 Å². The average Bonchev–Trinajstić information content (AvgIpc) is 2.56. The summed E-state index contributed by atoms with van der Waals surface area (Å²) < 4.78 is 10.9. The van der Waals surface area contributed by atoms with Crippen LogP contribution in [0, 0.1) is 5.41 Å². The Bertz CT molecular complexity index is 163. The summed E-state index contributed by atoms with van der Waals surface area (Å²) in [6.45, 7) is 7.43. The molecule has 1 heterocycles. The molecule has 1 fully saturated rings. The van der Waals surface area contributed by atoms with Gasteiger partial charge in [0.25, 0.3) is 0 Å². The predicted octanol–water partition coefficient (Wildman–Crippen LogP) is 1.56. The van der Waals surface area contributed by atoms with Crippen molar-refractivity contribution < 1.29 is 9.47 Å². The van der Waals surface area contributed by atoms with Crippen LogP contribution in [-0.2, 0) is 9.47 Å². The van der Waals surface area contributed by atoms with Gasteiger partial charge in [-0.25, -0.2) is 0 Å². The van der Waals surface area contributed by atoms with Crippen molar-refractivity contribution >= 4 is 0 Å². The van der Waals surface area contributed by atoms with E-state index in [2.05, 4.69) is 6.92 Å². The highest BCUT2D eigenvalue weighted by Crippen LogP contribution is 2.38. The Hall–Kier alpha value is -0.120. The average molecular weight is 201 g/mol. The lowest BCUT2D eigenvalue weighted by molar-refractivity contribution is 0.0546. The lowest BCUT2D eigenvalue weighted by Gasteiger charge is -2.30. The van der Waals surface area contributed by atoms with Gasteiger partial charge < -0.3 is 15.2 Å². The number of hydrogen-bond acceptors (Lipinski definition) is 3. The number of nitrogens with two attached hydrogens (primary N) is 1. The fourth-order valence-corrected chi connectivity index (χ4v) is 2.19. The smallest absolute Gasteiger partial charge is 0.0616 e. The van der Waals surface area contributed by atoms with Gasteiger partial charge in [-0.15, -0.1) is 0 Å². The predicted molar refractivity (Wildman–Crippen MR) is 57.2 cm³/mol. The highest BCUT2D eigenvalue weighted by Gasteiger charge is 2.39. The summed E-state index contributed by atoms with van der Waals surface area (Å²) in [5.41, 5.74) is 6.07. The maximum Gasteiger partial charge on any atom is 0.0616 e. The molecular formula is C11H23NO2. The van der Waals surface area contributed by atoms with Gasteiger partial charge in [0.1, 0.15) is 0 Å². The molecule has 2 unspecified atom stereocenters. The summed E-state index contributed by atoms with van der Waals surface area (Å²) in [4.78, 5) is 0. The Labute approximate surface area is 86.9 Å². The molecule has 0 spiro atoms. The molecule has 0 aromatic rings. The van der Waals surface area contributed by atoms with E-state index in [1.807, 2.05) is 6.92 Å². The molecule has 1 rings (SSSR count). The molecule has 0 amide bonds. The lowest BCUT2D eigenvalue weighted by atomic mass is 9.78. The van der Waals surface area contributed by atoms with Crippen LogP contribution in [0.4, 0.5) is 0 Å². The minimum Gasteiger partial charge on any atom is -0.382 e. The van der Waals surface area contributed by atoms with Crippen LogP contribution >= 0.6 is 0 Å². The van der Waals surface area contributed by atoms with E-state index in [0.717, 1.165) is 45.6 Å². The van der Waals surface area contributed by atoms with Crippen LogP contribution in [0.3, 0.4) is 0 Å². The van der Waals surface area contributed by atoms with Crippen LogP contribution in [0.5, 0.6) is 0 Å². The Morgan fingerprint density at radius 3 is 2.86 bits per heavy atom. The molecule has 0 bridgehead atoms. The normalized spacial score (nSPS) is 32.4. The van der Waals surface area contributed by atoms with Gasteiger partial charge >= 0.3 is 0 Å². The standard InChI is InChI=1S/C11H23NO2/c1-3-13-7-4-5-11(9-12)6-8-14-10(11)2/h10H,3-9,12H2,1-2H3. The molecule has 0 aromatic carbocycles. The summed E-state index contributed by atoms with van der Waals surface area (Å²) in [7, 11) is 0. The zero-order valence-corrected chi connectivity index (χ0v) is 9.42. The molecule has 14 heavy (non-hydrogen) atoms. The molecule has 0 radical (unpaired) electrons. The minimum absolute atomic E-state index is 0.219. The maximum atomic E-state index is 5.85. The van der Waals surface area contributed by atoms with E-state index in [-0.39, 0.29) is 5.41 Å². The van der Waals surface area contributed by atoms with Gasteiger partial charge in [0.05, 0.1) is 6.10 Å². The summed E-state index contributed by atoms with van der Waals surface area (Å²) in [5, 5.41) is 0. The first kappa shape index (κ1) is 12.0. The Morgan fingerprint density at radius 1 is 1.57 bits per heavy atom. The van der Waals surface area contributed by atoms with Crippen LogP contribution < -0.4 is 5.73 Å². The molecule has 1 aliphatic heterocycles. The van der Waals surface area contributed by atoms with Crippen molar-refractivity contribution in [3.8, 4) is 0 Å². The summed E-state index contributed by atoms with van der Waals surface area (Å²) in [6, 6.07) is 0. The molecule has 1 saturated heterocycles. The fraction of sp³-hybridized carbons (Fsp3) is 1.00. The molecule has 3 nitrogen and oxygen atoms in total. The van der Waals surface area contributed by atoms with Gasteiger partial charge in [-0.3, -0.25) is 0 Å². The monoisotopic (exact) mass is 201 g/mol. The molecule has 0 aliphatic carbocycles. The van der Waals surface area contributed by atoms with E-state index in [9.17, 15) is 0 Å². The molecule has 1 aliphatic rings. The maximum absolute atomic E-state index is 5.85. The highest BCUT2D eigenvalue weighted by molar-refractivity contribution is 4.90. The molecular weight excluding hydrogens is 178 g/mol. The quantitative estimate of drug-likeness (QED) is 0.663. The highest BCUT2D eigenvalue weighted by atomic mass is 16.5. The van der Waals surface area contributed by atoms with Gasteiger partial charge in [-0.2, -0.15) is 0 Å². The van der Waals surface area contributed by atoms with E-state index < -0.39 is 0 Å². The SMILES string of the molecule is CCOCCCC1(CN)CCOC1C. The Morgan fingerprint density at radius 2 is 2.36 bits per heavy atom. The first-order chi connectivity index (χ1) is 6.75. The van der Waals surface area contributed by atoms with E-state index in [1.54, 1.807) is 0 Å². The van der Waals surface area contributed by atoms with Gasteiger partial charge in [-0.1, -0.05) is 0 Å². The van der Waals surface area contributed by atoms with Crippen molar-refractivity contribution in [2.45, 2.75) is 39.2 Å². The van der Waals surface area contributed by atoms with Crippen molar-refractivity contribution in [2.24, 2.45) is 11.1 Å². The Kier molecular flexibility index (Phi) is 4.85. The third kappa shape index (κ3) is 2.69. The van der Waals surface area contributed by atoms with E-state index in [1.165, 1.54) is 0 Å². The second-order valence-electron chi connectivity index (χ2n) is 4.13. The topological polar surface area (TPSA) is 44.5 Å². The summed E-state index contributed by atoms with van der Waals surface area (Å²) in [6.07, 6.45) is 3.65. The van der Waals surface area contributed by atoms with E-state index >= 15 is 0 Å². The van der Waals surface area contributed by atoms with Crippen LogP contribution in [0.25, 0.3) is 0 Å². The van der Waals surface area contributed by atoms with Gasteiger partial charge in [-0.05, 0) is 33.1 Å². The number of rotatable bonds is 6. The Balaban J connectivity index is 2.30. The molecule has 3 heteroatoms. The van der Waals surface area contributed by atoms with Gasteiger partial charge in [0.2, 0.25) is 0 Å². The summed E-state index contributed by atoms with van der Waals surface area (Å²) in [5.74, 6) is 0. The van der Waals surface area contributed by atoms with Gasteiger partial charge in [0, 0.05) is 31.8 Å². The minimum atomic E-state index is 0.219. The van der Waals surface area contributed by atoms with E-state index in [4.69, 9.17) is 15.2 Å². The van der Waals surface area contributed by atoms with Crippen molar-refractivity contribution in [1.29, 1.82) is 0 Å². The van der Waals surface area contributed by atoms with Crippen LogP contribution in [0.1, 0.15) is 33.1 Å². The second kappa shape index (κ2) is 5.69. The third-order valence-electron chi connectivity index (χ3n) is 3.40. The fourth-order valence-electron chi connectivity index (χ4n) is 2.19. The van der Waals surface area contributed by atoms with Crippen molar-refractivity contribution in [1.82, 2.24) is 0 Å². The molecule has 84 valence electrons. The van der Waals surface area contributed by atoms with Gasteiger partial charge in [0.15, 0.2) is 0 Å². The second-order valence-corrected chi connectivity index (χ2v) is 4.13. The molecule has 0 saturated carbocycles. The van der Waals surface area contributed by atoms with Crippen LogP contribution in [-0.4, -0.2) is 32.5 Å². The molecule has 0 aromatic heterocycles. The summed E-state index contributed by atoms with van der Waals surface area (Å²) >= 11 is 0. The number of hydrogen-bond donors (Lipinski definition) is 1. The van der Waals surface area contributed by atoms with Crippen LogP contribution in [0.2, 0.25) is 0 Å². The van der Waals surface area contributed by atoms with Crippen molar-refractivity contribution in [3.63, 3.8) is 0 Å².